The van der Waals surface area contributed by atoms with Gasteiger partial charge in [-0.3, -0.25) is 4.90 Å². The van der Waals surface area contributed by atoms with Crippen LogP contribution in [0.5, 0.6) is 0 Å². The number of hydrogen-bond acceptors (Lipinski definition) is 3. The summed E-state index contributed by atoms with van der Waals surface area (Å²) in [7, 11) is 0. The lowest BCUT2D eigenvalue weighted by Gasteiger charge is -2.41. The Bertz CT molecular complexity index is 1050. The summed E-state index contributed by atoms with van der Waals surface area (Å²) in [4.78, 5) is 12.1. The van der Waals surface area contributed by atoms with E-state index in [-0.39, 0.29) is 5.41 Å². The Morgan fingerprint density at radius 2 is 1.76 bits per heavy atom. The lowest BCUT2D eigenvalue weighted by Crippen LogP contribution is -2.43. The van der Waals surface area contributed by atoms with Crippen molar-refractivity contribution in [3.8, 4) is 0 Å². The van der Waals surface area contributed by atoms with Crippen molar-refractivity contribution >= 4 is 5.65 Å². The Hall–Kier alpha value is -2.92. The molecule has 4 aromatic rings. The second-order valence-electron chi connectivity index (χ2n) is 7.95. The molecule has 4 heterocycles. The maximum atomic E-state index is 5.04. The molecule has 1 aliphatic rings. The average molecular weight is 386 g/mol. The SMILES string of the molecule is CCn1ccnc1CN1CCC(c2ccccc2)(c2cn3ccccc3n2)CC1. The molecule has 0 radical (unpaired) electrons. The smallest absolute Gasteiger partial charge is 0.137 e. The normalized spacial score (nSPS) is 17.0. The molecule has 1 fully saturated rings. The van der Waals surface area contributed by atoms with Crippen molar-refractivity contribution < 1.29 is 0 Å². The zero-order chi connectivity index (χ0) is 19.7. The Morgan fingerprint density at radius 1 is 0.966 bits per heavy atom. The molecule has 5 nitrogen and oxygen atoms in total. The number of benzene rings is 1. The molecule has 0 saturated carbocycles. The van der Waals surface area contributed by atoms with Gasteiger partial charge in [-0.05, 0) is 50.6 Å². The van der Waals surface area contributed by atoms with Crippen molar-refractivity contribution in [2.45, 2.75) is 38.3 Å². The van der Waals surface area contributed by atoms with Crippen LogP contribution in [0, 0.1) is 0 Å². The molecule has 0 bridgehead atoms. The minimum absolute atomic E-state index is 0.0377. The highest BCUT2D eigenvalue weighted by molar-refractivity contribution is 5.45. The van der Waals surface area contributed by atoms with Gasteiger partial charge in [-0.1, -0.05) is 36.4 Å². The topological polar surface area (TPSA) is 38.4 Å². The summed E-state index contributed by atoms with van der Waals surface area (Å²) < 4.78 is 4.38. The van der Waals surface area contributed by atoms with Crippen LogP contribution < -0.4 is 0 Å². The molecule has 1 aromatic carbocycles. The maximum Gasteiger partial charge on any atom is 0.137 e. The van der Waals surface area contributed by atoms with Crippen molar-refractivity contribution in [1.82, 2.24) is 23.8 Å². The Kier molecular flexibility index (Phi) is 4.68. The molecule has 0 spiro atoms. The average Bonchev–Trinajstić information content (AvgIpc) is 3.42. The third kappa shape index (κ3) is 3.25. The van der Waals surface area contributed by atoms with E-state index in [9.17, 15) is 0 Å². The number of hydrogen-bond donors (Lipinski definition) is 0. The van der Waals surface area contributed by atoms with E-state index in [1.165, 1.54) is 11.3 Å². The van der Waals surface area contributed by atoms with E-state index in [1.807, 2.05) is 6.20 Å². The summed E-state index contributed by atoms with van der Waals surface area (Å²) in [5, 5.41) is 0. The molecular formula is C24H27N5. The summed E-state index contributed by atoms with van der Waals surface area (Å²) in [5.74, 6) is 1.16. The monoisotopic (exact) mass is 385 g/mol. The molecule has 0 unspecified atom stereocenters. The van der Waals surface area contributed by atoms with E-state index in [4.69, 9.17) is 4.98 Å². The van der Waals surface area contributed by atoms with Crippen LogP contribution in [0.1, 0.15) is 36.8 Å². The number of piperidine rings is 1. The summed E-state index contributed by atoms with van der Waals surface area (Å²) >= 11 is 0. The van der Waals surface area contributed by atoms with Crippen molar-refractivity contribution in [2.24, 2.45) is 0 Å². The van der Waals surface area contributed by atoms with Crippen molar-refractivity contribution in [3.63, 3.8) is 0 Å². The highest BCUT2D eigenvalue weighted by Crippen LogP contribution is 2.41. The molecule has 29 heavy (non-hydrogen) atoms. The molecule has 0 aliphatic carbocycles. The quantitative estimate of drug-likeness (QED) is 0.518. The van der Waals surface area contributed by atoms with Gasteiger partial charge in [0.1, 0.15) is 11.5 Å². The third-order valence-electron chi connectivity index (χ3n) is 6.40. The second-order valence-corrected chi connectivity index (χ2v) is 7.95. The van der Waals surface area contributed by atoms with Gasteiger partial charge in [0.05, 0.1) is 12.2 Å². The number of aryl methyl sites for hydroxylation is 1. The number of rotatable bonds is 5. The molecule has 0 amide bonds. The first-order chi connectivity index (χ1) is 14.3. The molecule has 5 heteroatoms. The van der Waals surface area contributed by atoms with Gasteiger partial charge in [0.15, 0.2) is 0 Å². The van der Waals surface area contributed by atoms with Gasteiger partial charge in [0.25, 0.3) is 0 Å². The van der Waals surface area contributed by atoms with Gasteiger partial charge < -0.3 is 8.97 Å². The highest BCUT2D eigenvalue weighted by atomic mass is 15.2. The molecule has 3 aromatic heterocycles. The standard InChI is InChI=1S/C24H27N5/c1-2-28-17-13-25-23(28)19-27-15-11-24(12-16-27,20-8-4-3-5-9-20)21-18-29-14-7-6-10-22(29)26-21/h3-10,13-14,17-18H,2,11-12,15-16,19H2,1H3. The fourth-order valence-corrected chi connectivity index (χ4v) is 4.69. The van der Waals surface area contributed by atoms with Gasteiger partial charge in [0, 0.05) is 36.7 Å². The molecule has 1 saturated heterocycles. The number of fused-ring (bicyclic) bond motifs is 1. The second kappa shape index (κ2) is 7.48. The third-order valence-corrected chi connectivity index (χ3v) is 6.40. The van der Waals surface area contributed by atoms with Crippen LogP contribution in [0.3, 0.4) is 0 Å². The van der Waals surface area contributed by atoms with Crippen LogP contribution in [-0.4, -0.2) is 36.9 Å². The first-order valence-corrected chi connectivity index (χ1v) is 10.5. The van der Waals surface area contributed by atoms with E-state index in [0.29, 0.717) is 0 Å². The van der Waals surface area contributed by atoms with E-state index in [1.54, 1.807) is 0 Å². The fraction of sp³-hybridized carbons (Fsp3) is 0.333. The largest absolute Gasteiger partial charge is 0.334 e. The fourth-order valence-electron chi connectivity index (χ4n) is 4.69. The number of likely N-dealkylation sites (tertiary alicyclic amines) is 1. The number of nitrogens with zero attached hydrogens (tertiary/aromatic N) is 5. The zero-order valence-corrected chi connectivity index (χ0v) is 16.9. The van der Waals surface area contributed by atoms with Crippen molar-refractivity contribution in [3.05, 3.63) is 90.4 Å². The minimum atomic E-state index is -0.0377. The molecule has 148 valence electrons. The summed E-state index contributed by atoms with van der Waals surface area (Å²) in [6.07, 6.45) is 10.4. The predicted octanol–water partition coefficient (Wildman–Crippen LogP) is 4.13. The predicted molar refractivity (Wildman–Crippen MR) is 115 cm³/mol. The maximum absolute atomic E-state index is 5.04. The Balaban J connectivity index is 1.45. The number of aromatic nitrogens is 4. The molecule has 1 aliphatic heterocycles. The van der Waals surface area contributed by atoms with E-state index in [0.717, 1.165) is 50.5 Å². The summed E-state index contributed by atoms with van der Waals surface area (Å²) in [5.41, 5.74) is 3.54. The van der Waals surface area contributed by atoms with Crippen LogP contribution in [0.2, 0.25) is 0 Å². The first-order valence-electron chi connectivity index (χ1n) is 10.5. The van der Waals surface area contributed by atoms with Gasteiger partial charge in [-0.25, -0.2) is 9.97 Å². The Morgan fingerprint density at radius 3 is 2.52 bits per heavy atom. The molecule has 0 atom stereocenters. The molecule has 0 N–H and O–H groups in total. The summed E-state index contributed by atoms with van der Waals surface area (Å²) in [6, 6.07) is 17.1. The minimum Gasteiger partial charge on any atom is -0.334 e. The van der Waals surface area contributed by atoms with E-state index >= 15 is 0 Å². The van der Waals surface area contributed by atoms with Gasteiger partial charge >= 0.3 is 0 Å². The van der Waals surface area contributed by atoms with Crippen LogP contribution in [0.4, 0.5) is 0 Å². The molecular weight excluding hydrogens is 358 g/mol. The van der Waals surface area contributed by atoms with Crippen molar-refractivity contribution in [1.29, 1.82) is 0 Å². The van der Waals surface area contributed by atoms with E-state index in [2.05, 4.69) is 92.9 Å². The van der Waals surface area contributed by atoms with Crippen LogP contribution in [0.25, 0.3) is 5.65 Å². The van der Waals surface area contributed by atoms with E-state index < -0.39 is 0 Å². The van der Waals surface area contributed by atoms with Crippen LogP contribution >= 0.6 is 0 Å². The van der Waals surface area contributed by atoms with Crippen molar-refractivity contribution in [2.75, 3.05) is 13.1 Å². The van der Waals surface area contributed by atoms with Gasteiger partial charge in [0.2, 0.25) is 0 Å². The first kappa shape index (κ1) is 18.1. The van der Waals surface area contributed by atoms with Crippen LogP contribution in [-0.2, 0) is 18.5 Å². The lowest BCUT2D eigenvalue weighted by atomic mass is 9.70. The molecule has 5 rings (SSSR count). The Labute approximate surface area is 171 Å². The van der Waals surface area contributed by atoms with Gasteiger partial charge in [-0.2, -0.15) is 0 Å². The van der Waals surface area contributed by atoms with Crippen LogP contribution in [0.15, 0.2) is 73.3 Å². The number of pyridine rings is 1. The highest BCUT2D eigenvalue weighted by Gasteiger charge is 2.40. The zero-order valence-electron chi connectivity index (χ0n) is 16.9. The summed E-state index contributed by atoms with van der Waals surface area (Å²) in [6.45, 7) is 6.14. The lowest BCUT2D eigenvalue weighted by molar-refractivity contribution is 0.165. The van der Waals surface area contributed by atoms with Gasteiger partial charge in [-0.15, -0.1) is 0 Å². The number of imidazole rings is 2.